The highest BCUT2D eigenvalue weighted by Gasteiger charge is 2.15. The third kappa shape index (κ3) is 2.52. The van der Waals surface area contributed by atoms with Crippen molar-refractivity contribution in [2.45, 2.75) is 13.0 Å². The van der Waals surface area contributed by atoms with Gasteiger partial charge in [-0.3, -0.25) is 4.79 Å². The summed E-state index contributed by atoms with van der Waals surface area (Å²) in [6.45, 7) is 1.60. The first kappa shape index (κ1) is 12.5. The minimum absolute atomic E-state index is 0.00625. The molecule has 0 aliphatic rings. The molecule has 0 spiro atoms. The molecule has 0 aromatic carbocycles. The van der Waals surface area contributed by atoms with Gasteiger partial charge < -0.3 is 10.1 Å². The van der Waals surface area contributed by atoms with Crippen molar-refractivity contribution >= 4 is 23.3 Å². The maximum Gasteiger partial charge on any atom is 0.327 e. The number of aryl methyl sites for hydroxylation is 1. The number of carbonyl (C=O) groups excluding carboxylic acids is 1. The molecular weight excluding hydrogens is 234 g/mol. The van der Waals surface area contributed by atoms with Gasteiger partial charge in [-0.1, -0.05) is 11.6 Å². The van der Waals surface area contributed by atoms with E-state index in [4.69, 9.17) is 11.6 Å². The van der Waals surface area contributed by atoms with Crippen LogP contribution in [0.25, 0.3) is 0 Å². The van der Waals surface area contributed by atoms with Gasteiger partial charge in [0, 0.05) is 7.05 Å². The quantitative estimate of drug-likeness (QED) is 0.781. The lowest BCUT2D eigenvalue weighted by Crippen LogP contribution is -2.29. The standard InChI is InChI=1S/C9H12ClN3O3/c1-5(9(15)16-3)12-6-4-11-13(2)8(14)7(6)10/h4-5,12H,1-3H3. The lowest BCUT2D eigenvalue weighted by Gasteiger charge is -2.13. The fraction of sp³-hybridized carbons (Fsp3) is 0.444. The van der Waals surface area contributed by atoms with Gasteiger partial charge in [0.15, 0.2) is 0 Å². The second-order valence-electron chi connectivity index (χ2n) is 3.19. The Morgan fingerprint density at radius 1 is 1.69 bits per heavy atom. The maximum atomic E-state index is 11.4. The third-order valence-electron chi connectivity index (χ3n) is 2.00. The van der Waals surface area contributed by atoms with Gasteiger partial charge in [0.2, 0.25) is 0 Å². The smallest absolute Gasteiger partial charge is 0.327 e. The van der Waals surface area contributed by atoms with E-state index in [-0.39, 0.29) is 5.02 Å². The number of ether oxygens (including phenoxy) is 1. The van der Waals surface area contributed by atoms with Crippen LogP contribution in [0.15, 0.2) is 11.0 Å². The van der Waals surface area contributed by atoms with E-state index in [9.17, 15) is 9.59 Å². The monoisotopic (exact) mass is 245 g/mol. The van der Waals surface area contributed by atoms with Crippen LogP contribution in [0.4, 0.5) is 5.69 Å². The number of hydrogen-bond acceptors (Lipinski definition) is 5. The summed E-state index contributed by atoms with van der Waals surface area (Å²) in [5.74, 6) is -0.447. The first-order valence-corrected chi connectivity index (χ1v) is 4.91. The van der Waals surface area contributed by atoms with E-state index in [2.05, 4.69) is 15.2 Å². The Bertz CT molecular complexity index is 458. The van der Waals surface area contributed by atoms with Crippen LogP contribution in [0.5, 0.6) is 0 Å². The van der Waals surface area contributed by atoms with Gasteiger partial charge in [0.1, 0.15) is 11.1 Å². The van der Waals surface area contributed by atoms with Crippen LogP contribution in [-0.4, -0.2) is 28.9 Å². The Hall–Kier alpha value is -1.56. The highest BCUT2D eigenvalue weighted by Crippen LogP contribution is 2.16. The van der Waals surface area contributed by atoms with Crippen molar-refractivity contribution in [1.29, 1.82) is 0 Å². The largest absolute Gasteiger partial charge is 0.467 e. The summed E-state index contributed by atoms with van der Waals surface area (Å²) in [5.41, 5.74) is -0.119. The summed E-state index contributed by atoms with van der Waals surface area (Å²) in [4.78, 5) is 22.6. The number of rotatable bonds is 3. The normalized spacial score (nSPS) is 12.0. The van der Waals surface area contributed by atoms with Crippen LogP contribution < -0.4 is 10.9 Å². The highest BCUT2D eigenvalue weighted by molar-refractivity contribution is 6.33. The van der Waals surface area contributed by atoms with Gasteiger partial charge in [-0.2, -0.15) is 5.10 Å². The van der Waals surface area contributed by atoms with Crippen LogP contribution in [0.3, 0.4) is 0 Å². The summed E-state index contributed by atoms with van der Waals surface area (Å²) in [6.07, 6.45) is 1.38. The lowest BCUT2D eigenvalue weighted by atomic mass is 10.3. The Kier molecular flexibility index (Phi) is 3.89. The molecule has 1 rings (SSSR count). The zero-order valence-electron chi connectivity index (χ0n) is 9.15. The van der Waals surface area contributed by atoms with Crippen LogP contribution in [0.1, 0.15) is 6.92 Å². The Balaban J connectivity index is 2.95. The molecule has 0 amide bonds. The zero-order valence-corrected chi connectivity index (χ0v) is 9.91. The van der Waals surface area contributed by atoms with Crippen LogP contribution in [-0.2, 0) is 16.6 Å². The summed E-state index contributed by atoms with van der Waals surface area (Å²) < 4.78 is 5.64. The number of halogens is 1. The first-order valence-electron chi connectivity index (χ1n) is 4.53. The van der Waals surface area contributed by atoms with E-state index in [1.54, 1.807) is 6.92 Å². The molecule has 0 radical (unpaired) electrons. The van der Waals surface area contributed by atoms with E-state index in [1.165, 1.54) is 20.4 Å². The van der Waals surface area contributed by atoms with E-state index in [0.717, 1.165) is 4.68 Å². The molecule has 1 N–H and O–H groups in total. The van der Waals surface area contributed by atoms with Gasteiger partial charge in [0.05, 0.1) is 19.0 Å². The number of hydrogen-bond donors (Lipinski definition) is 1. The molecular formula is C9H12ClN3O3. The van der Waals surface area contributed by atoms with Crippen molar-refractivity contribution in [1.82, 2.24) is 9.78 Å². The topological polar surface area (TPSA) is 73.2 Å². The van der Waals surface area contributed by atoms with Crippen LogP contribution >= 0.6 is 11.6 Å². The minimum atomic E-state index is -0.601. The average molecular weight is 246 g/mol. The Morgan fingerprint density at radius 2 is 2.31 bits per heavy atom. The molecule has 0 aliphatic heterocycles. The number of aromatic nitrogens is 2. The Labute approximate surface area is 97.2 Å². The predicted octanol–water partition coefficient (Wildman–Crippen LogP) is 0.407. The highest BCUT2D eigenvalue weighted by atomic mass is 35.5. The van der Waals surface area contributed by atoms with Crippen molar-refractivity contribution in [3.8, 4) is 0 Å². The number of esters is 1. The van der Waals surface area contributed by atoms with Crippen molar-refractivity contribution in [3.63, 3.8) is 0 Å². The van der Waals surface area contributed by atoms with Gasteiger partial charge in [-0.05, 0) is 6.92 Å². The molecule has 1 aromatic heterocycles. The number of anilines is 1. The molecule has 0 saturated heterocycles. The van der Waals surface area contributed by atoms with Crippen molar-refractivity contribution in [2.24, 2.45) is 7.05 Å². The van der Waals surface area contributed by atoms with Gasteiger partial charge in [-0.25, -0.2) is 9.48 Å². The van der Waals surface area contributed by atoms with Gasteiger partial charge in [0.25, 0.3) is 5.56 Å². The zero-order chi connectivity index (χ0) is 12.3. The SMILES string of the molecule is COC(=O)C(C)Nc1cnn(C)c(=O)c1Cl. The first-order chi connectivity index (χ1) is 7.47. The molecule has 0 fully saturated rings. The summed E-state index contributed by atoms with van der Waals surface area (Å²) in [6, 6.07) is -0.601. The van der Waals surface area contributed by atoms with Crippen molar-refractivity contribution in [3.05, 3.63) is 21.6 Å². The molecule has 6 nitrogen and oxygen atoms in total. The van der Waals surface area contributed by atoms with Gasteiger partial charge in [-0.15, -0.1) is 0 Å². The molecule has 1 atom stereocenters. The summed E-state index contributed by atoms with van der Waals surface area (Å²) >= 11 is 5.80. The fourth-order valence-corrected chi connectivity index (χ4v) is 1.31. The molecule has 7 heteroatoms. The van der Waals surface area contributed by atoms with E-state index in [1.807, 2.05) is 0 Å². The van der Waals surface area contributed by atoms with Crippen molar-refractivity contribution < 1.29 is 9.53 Å². The molecule has 0 saturated carbocycles. The maximum absolute atomic E-state index is 11.4. The van der Waals surface area contributed by atoms with E-state index < -0.39 is 17.6 Å². The van der Waals surface area contributed by atoms with Crippen LogP contribution in [0.2, 0.25) is 5.02 Å². The van der Waals surface area contributed by atoms with E-state index >= 15 is 0 Å². The van der Waals surface area contributed by atoms with E-state index in [0.29, 0.717) is 5.69 Å². The molecule has 1 unspecified atom stereocenters. The van der Waals surface area contributed by atoms with Crippen molar-refractivity contribution in [2.75, 3.05) is 12.4 Å². The van der Waals surface area contributed by atoms with Crippen LogP contribution in [0, 0.1) is 0 Å². The third-order valence-corrected chi connectivity index (χ3v) is 2.37. The second kappa shape index (κ2) is 4.98. The lowest BCUT2D eigenvalue weighted by molar-refractivity contribution is -0.141. The summed E-state index contributed by atoms with van der Waals surface area (Å²) in [5, 5.41) is 6.52. The second-order valence-corrected chi connectivity index (χ2v) is 3.57. The number of carbonyl (C=O) groups is 1. The summed E-state index contributed by atoms with van der Waals surface area (Å²) in [7, 11) is 2.77. The molecule has 16 heavy (non-hydrogen) atoms. The number of methoxy groups -OCH3 is 1. The predicted molar refractivity (Wildman–Crippen MR) is 59.6 cm³/mol. The molecule has 88 valence electrons. The number of nitrogens with zero attached hydrogens (tertiary/aromatic N) is 2. The Morgan fingerprint density at radius 3 is 2.88 bits per heavy atom. The fourth-order valence-electron chi connectivity index (χ4n) is 1.08. The number of nitrogens with one attached hydrogen (secondary N) is 1. The average Bonchev–Trinajstić information content (AvgIpc) is 2.28. The molecule has 1 heterocycles. The van der Waals surface area contributed by atoms with Gasteiger partial charge >= 0.3 is 5.97 Å². The molecule has 1 aromatic rings. The minimum Gasteiger partial charge on any atom is -0.467 e. The molecule has 0 aliphatic carbocycles. The molecule has 0 bridgehead atoms.